The fourth-order valence-electron chi connectivity index (χ4n) is 0. The fourth-order valence-corrected chi connectivity index (χ4v) is 0. The van der Waals surface area contributed by atoms with Gasteiger partial charge in [-0.05, 0) is 0 Å². The number of nitrogens with one attached hydrogen (secondary N) is 1. The van der Waals surface area contributed by atoms with Gasteiger partial charge in [0.15, 0.2) is 0 Å². The van der Waals surface area contributed by atoms with Crippen LogP contribution in [0.15, 0.2) is 0 Å². The quantitative estimate of drug-likeness (QED) is 0.333. The molecule has 42 valence electrons. The summed E-state index contributed by atoms with van der Waals surface area (Å²) in [4.78, 5) is 1.42. The molecule has 0 saturated heterocycles. The molecule has 7 heavy (non-hydrogen) atoms. The average molecular weight is 103 g/mol. The van der Waals surface area contributed by atoms with E-state index in [4.69, 9.17) is 9.73 Å². The van der Waals surface area contributed by atoms with Crippen molar-refractivity contribution in [2.75, 3.05) is 21.1 Å². The predicted molar refractivity (Wildman–Crippen MR) is 25.2 cm³/mol. The molecule has 0 heterocycles. The number of hydrogen-bond donors (Lipinski definition) is 1. The molecule has 0 radical (unpaired) electrons. The van der Waals surface area contributed by atoms with E-state index >= 15 is 0 Å². The molecule has 0 saturated carbocycles. The Balaban J connectivity index is 0. The summed E-state index contributed by atoms with van der Waals surface area (Å²) in [7, 11) is 5.75. The van der Waals surface area contributed by atoms with Crippen molar-refractivity contribution in [2.45, 2.75) is 0 Å². The van der Waals surface area contributed by atoms with E-state index in [-0.39, 0.29) is 0 Å². The van der Waals surface area contributed by atoms with Crippen molar-refractivity contribution in [2.24, 2.45) is 0 Å². The molecule has 1 N–H and O–H groups in total. The summed E-state index contributed by atoms with van der Waals surface area (Å²) in [6.07, 6.45) is 0. The first-order chi connectivity index (χ1) is 3.15. The zero-order valence-electron chi connectivity index (χ0n) is 4.89. The van der Waals surface area contributed by atoms with Crippen LogP contribution in [0.5, 0.6) is 0 Å². The van der Waals surface area contributed by atoms with Gasteiger partial charge in [0.1, 0.15) is 0 Å². The minimum atomic E-state index is -0.500. The summed E-state index contributed by atoms with van der Waals surface area (Å²) in [5, 5.41) is 8.25. The molecule has 0 aliphatic rings. The molecule has 0 amide bonds. The molecular formula is C3H10BNO2. The molecular weight excluding hydrogens is 92.8 g/mol. The Morgan fingerprint density at radius 3 is 1.43 bits per heavy atom. The van der Waals surface area contributed by atoms with Crippen LogP contribution in [0.2, 0.25) is 0 Å². The van der Waals surface area contributed by atoms with Gasteiger partial charge < -0.3 is 4.90 Å². The molecule has 0 aliphatic heterocycles. The van der Waals surface area contributed by atoms with Gasteiger partial charge in [-0.25, -0.2) is 0 Å². The Bertz CT molecular complexity index is 37.2. The third-order valence-electron chi connectivity index (χ3n) is 0. The number of hydrogen-bond acceptors (Lipinski definition) is 2. The van der Waals surface area contributed by atoms with E-state index in [2.05, 4.69) is 21.1 Å². The van der Waals surface area contributed by atoms with Crippen LogP contribution < -0.4 is 9.92 Å². The summed E-state index contributed by atoms with van der Waals surface area (Å²) in [6, 6.07) is 0. The van der Waals surface area contributed by atoms with E-state index in [1.165, 1.54) is 4.90 Å². The van der Waals surface area contributed by atoms with E-state index in [1.54, 1.807) is 0 Å². The SMILES string of the molecule is C[NH+](C)C.O=B[O-]. The maximum absolute atomic E-state index is 8.25. The van der Waals surface area contributed by atoms with Crippen LogP contribution in [0.3, 0.4) is 0 Å². The van der Waals surface area contributed by atoms with E-state index in [0.29, 0.717) is 0 Å². The topological polar surface area (TPSA) is 44.6 Å². The second kappa shape index (κ2) is 9.16. The van der Waals surface area contributed by atoms with Crippen molar-refractivity contribution < 1.29 is 14.6 Å². The fraction of sp³-hybridized carbons (Fsp3) is 1.00. The first-order valence-corrected chi connectivity index (χ1v) is 1.97. The molecule has 0 aromatic rings. The van der Waals surface area contributed by atoms with Crippen molar-refractivity contribution in [3.8, 4) is 0 Å². The standard InChI is InChI=1S/C3H9N.BO2/c1-4(2)3;2-1-3/h1-3H3;/q;-1/p+1. The predicted octanol–water partition coefficient (Wildman–Crippen LogP) is -2.93. The zero-order valence-corrected chi connectivity index (χ0v) is 4.89. The Hall–Kier alpha value is -0.375. The Kier molecular flexibility index (Phi) is 12.8. The van der Waals surface area contributed by atoms with E-state index < -0.39 is 7.35 Å². The third kappa shape index (κ3) is 525. The van der Waals surface area contributed by atoms with Crippen molar-refractivity contribution >= 4 is 7.35 Å². The summed E-state index contributed by atoms with van der Waals surface area (Å²) in [6.45, 7) is 0. The summed E-state index contributed by atoms with van der Waals surface area (Å²) >= 11 is 0. The van der Waals surface area contributed by atoms with Gasteiger partial charge in [0.05, 0.1) is 21.1 Å². The van der Waals surface area contributed by atoms with E-state index in [0.717, 1.165) is 0 Å². The average Bonchev–Trinajstić information content (AvgIpc) is 1.33. The Morgan fingerprint density at radius 2 is 1.43 bits per heavy atom. The minimum absolute atomic E-state index is 0.500. The van der Waals surface area contributed by atoms with Crippen molar-refractivity contribution in [3.05, 3.63) is 0 Å². The first-order valence-electron chi connectivity index (χ1n) is 1.97. The van der Waals surface area contributed by atoms with Gasteiger partial charge in [0.2, 0.25) is 0 Å². The van der Waals surface area contributed by atoms with Gasteiger partial charge in [0.25, 0.3) is 0 Å². The normalized spacial score (nSPS) is 6.29. The third-order valence-corrected chi connectivity index (χ3v) is 0. The number of quaternary nitrogens is 1. The van der Waals surface area contributed by atoms with Crippen molar-refractivity contribution in [1.82, 2.24) is 0 Å². The van der Waals surface area contributed by atoms with Gasteiger partial charge in [0, 0.05) is 0 Å². The van der Waals surface area contributed by atoms with Crippen LogP contribution in [0.25, 0.3) is 0 Å². The Labute approximate surface area is 44.2 Å². The molecule has 0 unspecified atom stereocenters. The molecule has 0 aromatic carbocycles. The molecule has 0 bridgehead atoms. The summed E-state index contributed by atoms with van der Waals surface area (Å²) < 4.78 is 8.25. The van der Waals surface area contributed by atoms with Crippen LogP contribution in [0.1, 0.15) is 0 Å². The molecule has 0 atom stereocenters. The van der Waals surface area contributed by atoms with Gasteiger partial charge in [-0.1, -0.05) is 0 Å². The molecule has 0 fully saturated rings. The molecule has 0 aliphatic carbocycles. The van der Waals surface area contributed by atoms with Crippen molar-refractivity contribution in [1.29, 1.82) is 0 Å². The van der Waals surface area contributed by atoms with Crippen LogP contribution in [0, 0.1) is 0 Å². The van der Waals surface area contributed by atoms with Crippen LogP contribution >= 0.6 is 0 Å². The van der Waals surface area contributed by atoms with Crippen LogP contribution in [-0.4, -0.2) is 28.5 Å². The van der Waals surface area contributed by atoms with Crippen LogP contribution in [0.4, 0.5) is 0 Å². The Morgan fingerprint density at radius 1 is 1.43 bits per heavy atom. The van der Waals surface area contributed by atoms with Gasteiger partial charge in [-0.2, -0.15) is 0 Å². The van der Waals surface area contributed by atoms with Gasteiger partial charge >= 0.3 is 17.1 Å². The summed E-state index contributed by atoms with van der Waals surface area (Å²) in [5.41, 5.74) is 0. The first kappa shape index (κ1) is 9.80. The monoisotopic (exact) mass is 103 g/mol. The number of rotatable bonds is 0. The van der Waals surface area contributed by atoms with E-state index in [1.807, 2.05) is 0 Å². The van der Waals surface area contributed by atoms with E-state index in [9.17, 15) is 0 Å². The summed E-state index contributed by atoms with van der Waals surface area (Å²) in [5.74, 6) is 0. The zero-order chi connectivity index (χ0) is 6.28. The molecule has 0 aromatic heterocycles. The molecule has 4 heteroatoms. The second-order valence-corrected chi connectivity index (χ2v) is 1.60. The maximum atomic E-state index is 8.25. The molecule has 0 rings (SSSR count). The van der Waals surface area contributed by atoms with Crippen LogP contribution in [-0.2, 0) is 4.70 Å². The van der Waals surface area contributed by atoms with Gasteiger partial charge in [-0.3, -0.25) is 0 Å². The molecule has 3 nitrogen and oxygen atoms in total. The van der Waals surface area contributed by atoms with Crippen molar-refractivity contribution in [3.63, 3.8) is 0 Å². The molecule has 0 spiro atoms. The second-order valence-electron chi connectivity index (χ2n) is 1.60. The van der Waals surface area contributed by atoms with Gasteiger partial charge in [-0.15, -0.1) is 0 Å².